The highest BCUT2D eigenvalue weighted by Gasteiger charge is 2.21. The van der Waals surface area contributed by atoms with Crippen LogP contribution in [0.3, 0.4) is 0 Å². The summed E-state index contributed by atoms with van der Waals surface area (Å²) in [6.45, 7) is 1.40. The number of ether oxygens (including phenoxy) is 2. The third-order valence-electron chi connectivity index (χ3n) is 4.67. The molecule has 0 spiro atoms. The number of rotatable bonds is 9. The van der Waals surface area contributed by atoms with Crippen molar-refractivity contribution in [2.24, 2.45) is 0 Å². The third kappa shape index (κ3) is 6.90. The average molecular weight is 536 g/mol. The molecule has 0 aliphatic heterocycles. The van der Waals surface area contributed by atoms with Crippen molar-refractivity contribution in [3.05, 3.63) is 63.5 Å². The van der Waals surface area contributed by atoms with Crippen molar-refractivity contribution in [1.29, 1.82) is 0 Å². The zero-order valence-corrected chi connectivity index (χ0v) is 21.1. The maximum Gasteiger partial charge on any atom is 0.417 e. The molecule has 0 unspecified atom stereocenters. The van der Waals surface area contributed by atoms with Crippen LogP contribution in [0.4, 0.5) is 16.3 Å². The second-order valence-corrected chi connectivity index (χ2v) is 8.19. The van der Waals surface area contributed by atoms with Gasteiger partial charge >= 0.3 is 12.1 Å². The Morgan fingerprint density at radius 2 is 1.92 bits per heavy atom. The van der Waals surface area contributed by atoms with Crippen LogP contribution in [0, 0.1) is 6.92 Å². The van der Waals surface area contributed by atoms with E-state index in [1.165, 1.54) is 13.2 Å². The van der Waals surface area contributed by atoms with Gasteiger partial charge < -0.3 is 20.1 Å². The van der Waals surface area contributed by atoms with E-state index in [4.69, 9.17) is 32.7 Å². The molecule has 0 radical (unpaired) electrons. The summed E-state index contributed by atoms with van der Waals surface area (Å²) >= 11 is 12.2. The van der Waals surface area contributed by atoms with Crippen molar-refractivity contribution in [3.8, 4) is 0 Å². The molecular formula is C22H23Cl2N7O5. The number of hydrogen-bond donors (Lipinski definition) is 2. The molecule has 0 aliphatic rings. The third-order valence-corrected chi connectivity index (χ3v) is 5.24. The van der Waals surface area contributed by atoms with Crippen molar-refractivity contribution in [2.75, 3.05) is 30.9 Å². The number of hydrogen-bond acceptors (Lipinski definition) is 9. The molecule has 3 aromatic rings. The van der Waals surface area contributed by atoms with Gasteiger partial charge in [0.05, 0.1) is 17.3 Å². The minimum Gasteiger partial charge on any atom is -0.460 e. The van der Waals surface area contributed by atoms with Crippen LogP contribution in [0.25, 0.3) is 0 Å². The fourth-order valence-electron chi connectivity index (χ4n) is 2.92. The molecule has 12 nitrogen and oxygen atoms in total. The Balaban J connectivity index is 1.62. The van der Waals surface area contributed by atoms with Gasteiger partial charge in [0, 0.05) is 18.8 Å². The highest BCUT2D eigenvalue weighted by molar-refractivity contribution is 6.35. The summed E-state index contributed by atoms with van der Waals surface area (Å²) in [6.07, 6.45) is 0.695. The van der Waals surface area contributed by atoms with Gasteiger partial charge in [0.2, 0.25) is 6.73 Å². The Labute approximate surface area is 216 Å². The molecule has 0 saturated carbocycles. The van der Waals surface area contributed by atoms with Gasteiger partial charge in [-0.1, -0.05) is 35.3 Å². The van der Waals surface area contributed by atoms with Crippen LogP contribution in [0.5, 0.6) is 0 Å². The van der Waals surface area contributed by atoms with Gasteiger partial charge in [-0.05, 0) is 37.7 Å². The van der Waals surface area contributed by atoms with E-state index in [-0.39, 0.29) is 29.8 Å². The largest absolute Gasteiger partial charge is 0.460 e. The standard InChI is InChI=1S/C22H23Cl2N7O5/c1-13-6-7-16(15(23)9-13)27-21(33)18-19(24)29-31(28-18)12-36-22(34)30(3)20-14(5-4-8-26-20)11-35-17(32)10-25-2/h4-9,25H,10-12H2,1-3H3,(H,27,33). The molecule has 36 heavy (non-hydrogen) atoms. The lowest BCUT2D eigenvalue weighted by atomic mass is 10.2. The number of pyridine rings is 1. The summed E-state index contributed by atoms with van der Waals surface area (Å²) in [5.74, 6) is -0.851. The van der Waals surface area contributed by atoms with E-state index in [1.807, 2.05) is 6.92 Å². The molecule has 0 saturated heterocycles. The quantitative estimate of drug-likeness (QED) is 0.395. The molecule has 14 heteroatoms. The van der Waals surface area contributed by atoms with Crippen molar-refractivity contribution in [1.82, 2.24) is 25.3 Å². The summed E-state index contributed by atoms with van der Waals surface area (Å²) in [4.78, 5) is 43.1. The van der Waals surface area contributed by atoms with E-state index in [0.717, 1.165) is 15.3 Å². The van der Waals surface area contributed by atoms with Crippen LogP contribution in [0.2, 0.25) is 10.2 Å². The van der Waals surface area contributed by atoms with Crippen molar-refractivity contribution < 1.29 is 23.9 Å². The molecule has 0 aliphatic carbocycles. The number of carbonyl (C=O) groups is 3. The number of amides is 2. The summed E-state index contributed by atoms with van der Waals surface area (Å²) < 4.78 is 10.4. The number of nitrogens with one attached hydrogen (secondary N) is 2. The predicted molar refractivity (Wildman–Crippen MR) is 132 cm³/mol. The Morgan fingerprint density at radius 1 is 1.14 bits per heavy atom. The van der Waals surface area contributed by atoms with Crippen LogP contribution in [0.1, 0.15) is 21.6 Å². The van der Waals surface area contributed by atoms with Gasteiger partial charge in [-0.2, -0.15) is 0 Å². The van der Waals surface area contributed by atoms with E-state index in [1.54, 1.807) is 37.4 Å². The minimum atomic E-state index is -0.789. The van der Waals surface area contributed by atoms with E-state index >= 15 is 0 Å². The summed E-state index contributed by atoms with van der Waals surface area (Å²) in [5.41, 5.74) is 1.64. The molecule has 2 amide bonds. The van der Waals surface area contributed by atoms with Crippen LogP contribution in [0.15, 0.2) is 36.5 Å². The first-order chi connectivity index (χ1) is 17.2. The van der Waals surface area contributed by atoms with Crippen molar-refractivity contribution in [2.45, 2.75) is 20.3 Å². The fraction of sp³-hybridized carbons (Fsp3) is 0.273. The Hall–Kier alpha value is -3.74. The van der Waals surface area contributed by atoms with Gasteiger partial charge in [-0.3, -0.25) is 14.5 Å². The highest BCUT2D eigenvalue weighted by Crippen LogP contribution is 2.24. The monoisotopic (exact) mass is 535 g/mol. The fourth-order valence-corrected chi connectivity index (χ4v) is 3.42. The van der Waals surface area contributed by atoms with Crippen molar-refractivity contribution in [3.63, 3.8) is 0 Å². The second kappa shape index (κ2) is 12.3. The normalized spacial score (nSPS) is 10.6. The number of aryl methyl sites for hydroxylation is 1. The summed E-state index contributed by atoms with van der Waals surface area (Å²) in [6, 6.07) is 8.45. The van der Waals surface area contributed by atoms with Crippen LogP contribution >= 0.6 is 23.2 Å². The van der Waals surface area contributed by atoms with Gasteiger partial charge in [-0.25, -0.2) is 9.78 Å². The molecule has 0 fully saturated rings. The number of halogens is 2. The minimum absolute atomic E-state index is 0.0466. The van der Waals surface area contributed by atoms with E-state index < -0.39 is 24.7 Å². The van der Waals surface area contributed by atoms with E-state index in [2.05, 4.69) is 25.8 Å². The van der Waals surface area contributed by atoms with Crippen LogP contribution in [-0.2, 0) is 27.6 Å². The molecule has 0 bridgehead atoms. The molecule has 0 atom stereocenters. The van der Waals surface area contributed by atoms with Gasteiger partial charge in [0.15, 0.2) is 10.8 Å². The second-order valence-electron chi connectivity index (χ2n) is 7.42. The number of benzene rings is 1. The molecular weight excluding hydrogens is 513 g/mol. The Kier molecular flexibility index (Phi) is 9.17. The maximum atomic E-state index is 12.6. The maximum absolute atomic E-state index is 12.6. The Bertz CT molecular complexity index is 1270. The lowest BCUT2D eigenvalue weighted by Crippen LogP contribution is -2.30. The number of likely N-dealkylation sites (N-methyl/N-ethyl adjacent to an activating group) is 1. The highest BCUT2D eigenvalue weighted by atomic mass is 35.5. The predicted octanol–water partition coefficient (Wildman–Crippen LogP) is 3.03. The molecule has 2 N–H and O–H groups in total. The number of anilines is 2. The first kappa shape index (κ1) is 26.9. The van der Waals surface area contributed by atoms with E-state index in [0.29, 0.717) is 16.3 Å². The van der Waals surface area contributed by atoms with E-state index in [9.17, 15) is 14.4 Å². The molecule has 3 rings (SSSR count). The zero-order chi connectivity index (χ0) is 26.2. The molecule has 2 aromatic heterocycles. The first-order valence-electron chi connectivity index (χ1n) is 10.5. The molecule has 1 aromatic carbocycles. The van der Waals surface area contributed by atoms with Crippen molar-refractivity contribution >= 4 is 52.7 Å². The Morgan fingerprint density at radius 3 is 2.64 bits per heavy atom. The van der Waals surface area contributed by atoms with Gasteiger partial charge in [0.25, 0.3) is 5.91 Å². The lowest BCUT2D eigenvalue weighted by molar-refractivity contribution is -0.143. The number of carbonyl (C=O) groups excluding carboxylic acids is 3. The topological polar surface area (TPSA) is 141 Å². The zero-order valence-electron chi connectivity index (χ0n) is 19.6. The first-order valence-corrected chi connectivity index (χ1v) is 11.3. The van der Waals surface area contributed by atoms with Gasteiger partial charge in [-0.15, -0.1) is 15.0 Å². The molecule has 2 heterocycles. The van der Waals surface area contributed by atoms with Crippen LogP contribution in [-0.4, -0.2) is 58.6 Å². The summed E-state index contributed by atoms with van der Waals surface area (Å²) in [7, 11) is 3.06. The summed E-state index contributed by atoms with van der Waals surface area (Å²) in [5, 5.41) is 13.4. The lowest BCUT2D eigenvalue weighted by Gasteiger charge is -2.18. The van der Waals surface area contributed by atoms with Crippen LogP contribution < -0.4 is 15.5 Å². The smallest absolute Gasteiger partial charge is 0.417 e. The van der Waals surface area contributed by atoms with Gasteiger partial charge in [0.1, 0.15) is 12.4 Å². The number of nitrogens with zero attached hydrogens (tertiary/aromatic N) is 5. The number of aromatic nitrogens is 4. The SMILES string of the molecule is CNCC(=O)OCc1cccnc1N(C)C(=O)OCn1nc(Cl)c(C(=O)Nc2ccc(C)cc2Cl)n1. The molecule has 190 valence electrons. The number of esters is 1. The average Bonchev–Trinajstić information content (AvgIpc) is 3.23.